The van der Waals surface area contributed by atoms with Crippen molar-refractivity contribution in [2.45, 2.75) is 20.4 Å². The first-order valence-corrected chi connectivity index (χ1v) is 13.2. The Morgan fingerprint density at radius 3 is 2.23 bits per heavy atom. The van der Waals surface area contributed by atoms with Gasteiger partial charge in [-0.3, -0.25) is 9.10 Å². The predicted octanol–water partition coefficient (Wildman–Crippen LogP) is 5.10. The van der Waals surface area contributed by atoms with Crippen molar-refractivity contribution in [2.75, 3.05) is 17.2 Å². The highest BCUT2D eigenvalue weighted by Crippen LogP contribution is 2.22. The highest BCUT2D eigenvalue weighted by Gasteiger charge is 2.18. The van der Waals surface area contributed by atoms with Gasteiger partial charge in [0.25, 0.3) is 5.91 Å². The Labute approximate surface area is 211 Å². The summed E-state index contributed by atoms with van der Waals surface area (Å²) in [5.41, 5.74) is 4.87. The van der Waals surface area contributed by atoms with E-state index in [0.717, 1.165) is 23.1 Å². The largest absolute Gasteiger partial charge is 0.493 e. The number of anilines is 1. The maximum Gasteiger partial charge on any atom is 0.271 e. The van der Waals surface area contributed by atoms with E-state index in [9.17, 15) is 13.2 Å². The average molecular weight is 514 g/mol. The van der Waals surface area contributed by atoms with Crippen molar-refractivity contribution in [3.05, 3.63) is 94.5 Å². The molecule has 3 aromatic rings. The Balaban J connectivity index is 1.62. The van der Waals surface area contributed by atoms with Crippen LogP contribution in [-0.2, 0) is 16.6 Å². The van der Waals surface area contributed by atoms with Crippen molar-refractivity contribution >= 4 is 39.4 Å². The average Bonchev–Trinajstić information content (AvgIpc) is 2.82. The van der Waals surface area contributed by atoms with Crippen molar-refractivity contribution in [1.82, 2.24) is 5.43 Å². The van der Waals surface area contributed by atoms with Gasteiger partial charge in [0.15, 0.2) is 0 Å². The summed E-state index contributed by atoms with van der Waals surface area (Å²) in [6, 6.07) is 20.6. The zero-order chi connectivity index (χ0) is 25.4. The fourth-order valence-corrected chi connectivity index (χ4v) is 4.09. The molecule has 0 saturated carbocycles. The summed E-state index contributed by atoms with van der Waals surface area (Å²) in [6.07, 6.45) is 2.68. The molecule has 0 aliphatic heterocycles. The normalized spacial score (nSPS) is 11.6. The van der Waals surface area contributed by atoms with Crippen molar-refractivity contribution in [1.29, 1.82) is 0 Å². The van der Waals surface area contributed by atoms with Gasteiger partial charge in [-0.25, -0.2) is 13.8 Å². The molecular formula is C26H28ClN3O4S. The first kappa shape index (κ1) is 26.2. The highest BCUT2D eigenvalue weighted by atomic mass is 35.5. The maximum atomic E-state index is 12.4. The molecule has 3 aromatic carbocycles. The van der Waals surface area contributed by atoms with Crippen LogP contribution in [0.2, 0.25) is 5.02 Å². The second-order valence-electron chi connectivity index (χ2n) is 8.42. The van der Waals surface area contributed by atoms with Crippen molar-refractivity contribution in [2.24, 2.45) is 11.0 Å². The number of nitrogens with zero attached hydrogens (tertiary/aromatic N) is 2. The Kier molecular flexibility index (Phi) is 8.89. The highest BCUT2D eigenvalue weighted by molar-refractivity contribution is 7.92. The summed E-state index contributed by atoms with van der Waals surface area (Å²) in [7, 11) is -3.55. The maximum absolute atomic E-state index is 12.4. The van der Waals surface area contributed by atoms with Gasteiger partial charge in [-0.05, 0) is 77.7 Å². The number of hydrogen-bond acceptors (Lipinski definition) is 5. The Hall–Kier alpha value is -3.36. The van der Waals surface area contributed by atoms with Crippen LogP contribution in [0.4, 0.5) is 5.69 Å². The monoisotopic (exact) mass is 513 g/mol. The number of halogens is 1. The third-order valence-corrected chi connectivity index (χ3v) is 6.29. The second-order valence-corrected chi connectivity index (χ2v) is 10.8. The van der Waals surface area contributed by atoms with Crippen LogP contribution in [0.3, 0.4) is 0 Å². The van der Waals surface area contributed by atoms with Crippen molar-refractivity contribution in [3.8, 4) is 5.75 Å². The summed E-state index contributed by atoms with van der Waals surface area (Å²) >= 11 is 5.92. The fraction of sp³-hybridized carbons (Fsp3) is 0.231. The van der Waals surface area contributed by atoms with Crippen LogP contribution in [-0.4, -0.2) is 33.4 Å². The van der Waals surface area contributed by atoms with Gasteiger partial charge in [0.05, 0.1) is 31.3 Å². The molecule has 184 valence electrons. The number of hydrazone groups is 1. The molecule has 7 nitrogen and oxygen atoms in total. The quantitative estimate of drug-likeness (QED) is 0.301. The molecule has 1 amide bonds. The minimum atomic E-state index is -3.55. The smallest absolute Gasteiger partial charge is 0.271 e. The van der Waals surface area contributed by atoms with Crippen molar-refractivity contribution in [3.63, 3.8) is 0 Å². The standard InChI is InChI=1S/C26H28ClN3O4S/c1-19(2)18-34-25-14-6-20(7-15-25)16-28-29-26(31)22-8-12-24(13-9-22)30(35(3,32)33)17-21-4-10-23(27)11-5-21/h4-16,19H,17-18H2,1-3H3,(H,29,31)/b28-16-. The van der Waals surface area contributed by atoms with Crippen LogP contribution in [0.1, 0.15) is 35.3 Å². The molecule has 9 heteroatoms. The zero-order valence-corrected chi connectivity index (χ0v) is 21.4. The second kappa shape index (κ2) is 11.9. The number of ether oxygens (including phenoxy) is 1. The summed E-state index contributed by atoms with van der Waals surface area (Å²) in [6.45, 7) is 4.96. The van der Waals surface area contributed by atoms with Gasteiger partial charge in [-0.2, -0.15) is 5.10 Å². The summed E-state index contributed by atoms with van der Waals surface area (Å²) < 4.78 is 31.7. The van der Waals surface area contributed by atoms with Crippen molar-refractivity contribution < 1.29 is 17.9 Å². The van der Waals surface area contributed by atoms with E-state index < -0.39 is 15.9 Å². The van der Waals surface area contributed by atoms with E-state index in [1.165, 1.54) is 10.5 Å². The lowest BCUT2D eigenvalue weighted by molar-refractivity contribution is 0.0955. The Morgan fingerprint density at radius 2 is 1.66 bits per heavy atom. The Morgan fingerprint density at radius 1 is 1.03 bits per heavy atom. The number of sulfonamides is 1. The molecule has 0 atom stereocenters. The van der Waals surface area contributed by atoms with Crippen LogP contribution in [0, 0.1) is 5.92 Å². The number of carbonyl (C=O) groups is 1. The molecule has 0 radical (unpaired) electrons. The molecule has 0 aliphatic rings. The molecule has 0 aliphatic carbocycles. The minimum Gasteiger partial charge on any atom is -0.493 e. The molecule has 0 fully saturated rings. The minimum absolute atomic E-state index is 0.146. The van der Waals surface area contributed by atoms with Gasteiger partial charge < -0.3 is 4.74 Å². The van der Waals surface area contributed by atoms with Crippen LogP contribution in [0.25, 0.3) is 0 Å². The number of nitrogens with one attached hydrogen (secondary N) is 1. The first-order valence-electron chi connectivity index (χ1n) is 11.0. The molecule has 1 N–H and O–H groups in total. The van der Waals surface area contributed by atoms with Crippen LogP contribution < -0.4 is 14.5 Å². The number of amides is 1. The molecule has 0 saturated heterocycles. The molecular weight excluding hydrogens is 486 g/mol. The topological polar surface area (TPSA) is 88.1 Å². The zero-order valence-electron chi connectivity index (χ0n) is 19.8. The summed E-state index contributed by atoms with van der Waals surface area (Å²) in [5.74, 6) is 0.811. The molecule has 35 heavy (non-hydrogen) atoms. The van der Waals surface area contributed by atoms with Gasteiger partial charge in [0.1, 0.15) is 5.75 Å². The lowest BCUT2D eigenvalue weighted by Crippen LogP contribution is -2.29. The van der Waals surface area contributed by atoms with Gasteiger partial charge in [0.2, 0.25) is 10.0 Å². The third kappa shape index (κ3) is 8.12. The third-order valence-electron chi connectivity index (χ3n) is 4.90. The lowest BCUT2D eigenvalue weighted by Gasteiger charge is -2.22. The lowest BCUT2D eigenvalue weighted by atomic mass is 10.2. The SMILES string of the molecule is CC(C)COc1ccc(/C=N\NC(=O)c2ccc(N(Cc3ccc(Cl)cc3)S(C)(=O)=O)cc2)cc1. The van der Waals surface area contributed by atoms with E-state index >= 15 is 0 Å². The van der Waals surface area contributed by atoms with E-state index in [-0.39, 0.29) is 6.54 Å². The molecule has 0 bridgehead atoms. The fourth-order valence-electron chi connectivity index (χ4n) is 3.08. The van der Waals surface area contributed by atoms with Gasteiger partial charge in [0, 0.05) is 10.6 Å². The number of hydrogen-bond donors (Lipinski definition) is 1. The summed E-state index contributed by atoms with van der Waals surface area (Å²) in [4.78, 5) is 12.4. The van der Waals surface area contributed by atoms with Gasteiger partial charge >= 0.3 is 0 Å². The number of rotatable bonds is 10. The molecule has 3 rings (SSSR count). The van der Waals surface area contributed by atoms with E-state index in [2.05, 4.69) is 24.4 Å². The molecule has 0 aromatic heterocycles. The Bertz CT molecular complexity index is 1260. The van der Waals surface area contributed by atoms with E-state index in [1.807, 2.05) is 24.3 Å². The molecule has 0 heterocycles. The van der Waals surface area contributed by atoms with Crippen LogP contribution in [0.15, 0.2) is 77.9 Å². The van der Waals surface area contributed by atoms with Crippen LogP contribution in [0.5, 0.6) is 5.75 Å². The van der Waals surface area contributed by atoms with Gasteiger partial charge in [-0.15, -0.1) is 0 Å². The van der Waals surface area contributed by atoms with E-state index in [1.54, 1.807) is 48.5 Å². The van der Waals surface area contributed by atoms with Gasteiger partial charge in [-0.1, -0.05) is 37.6 Å². The number of carbonyl (C=O) groups excluding carboxylic acids is 1. The van der Waals surface area contributed by atoms with E-state index in [4.69, 9.17) is 16.3 Å². The molecule has 0 unspecified atom stereocenters. The first-order chi connectivity index (χ1) is 16.6. The molecule has 0 spiro atoms. The number of benzene rings is 3. The predicted molar refractivity (Wildman–Crippen MR) is 141 cm³/mol. The van der Waals surface area contributed by atoms with E-state index in [0.29, 0.717) is 28.8 Å². The summed E-state index contributed by atoms with van der Waals surface area (Å²) in [5, 5.41) is 4.57. The van der Waals surface area contributed by atoms with Crippen LogP contribution >= 0.6 is 11.6 Å².